The lowest BCUT2D eigenvalue weighted by Crippen LogP contribution is -2.32. The van der Waals surface area contributed by atoms with E-state index in [0.29, 0.717) is 17.7 Å². The molecule has 29 heavy (non-hydrogen) atoms. The number of hydrogen-bond acceptors (Lipinski definition) is 2. The Hall–Kier alpha value is -1.72. The predicted octanol–water partition coefficient (Wildman–Crippen LogP) is 6.85. The molecule has 0 saturated carbocycles. The third-order valence-corrected chi connectivity index (χ3v) is 6.23. The summed E-state index contributed by atoms with van der Waals surface area (Å²) in [5, 5.41) is 0. The van der Waals surface area contributed by atoms with E-state index in [1.807, 2.05) is 48.5 Å². The zero-order valence-corrected chi connectivity index (χ0v) is 19.8. The van der Waals surface area contributed by atoms with Crippen LogP contribution in [0.25, 0.3) is 11.1 Å². The van der Waals surface area contributed by atoms with Crippen LogP contribution in [0, 0.1) is 0 Å². The summed E-state index contributed by atoms with van der Waals surface area (Å²) in [5.74, 6) is -0.382. The first-order valence-electron chi connectivity index (χ1n) is 10.1. The van der Waals surface area contributed by atoms with Crippen LogP contribution in [0.1, 0.15) is 56.6 Å². The van der Waals surface area contributed by atoms with E-state index in [1.54, 1.807) is 0 Å². The minimum absolute atomic E-state index is 0.191. The van der Waals surface area contributed by atoms with Crippen LogP contribution in [-0.4, -0.2) is 23.3 Å². The summed E-state index contributed by atoms with van der Waals surface area (Å²) >= 11 is 6.87. The van der Waals surface area contributed by atoms with Gasteiger partial charge in [-0.1, -0.05) is 95.2 Å². The molecule has 5 heteroatoms. The van der Waals surface area contributed by atoms with Gasteiger partial charge in [0.25, 0.3) is 11.8 Å². The molecule has 0 spiro atoms. The number of halogens is 2. The highest BCUT2D eigenvalue weighted by Crippen LogP contribution is 2.36. The van der Waals surface area contributed by atoms with E-state index in [4.69, 9.17) is 0 Å². The van der Waals surface area contributed by atoms with Gasteiger partial charge in [0.05, 0.1) is 11.1 Å². The molecule has 2 aromatic rings. The maximum atomic E-state index is 13.2. The van der Waals surface area contributed by atoms with Gasteiger partial charge in [0.15, 0.2) is 0 Å². The molecule has 0 unspecified atom stereocenters. The van der Waals surface area contributed by atoms with Gasteiger partial charge in [-0.05, 0) is 41.8 Å². The van der Waals surface area contributed by atoms with Gasteiger partial charge in [-0.25, -0.2) is 0 Å². The smallest absolute Gasteiger partial charge is 0.262 e. The molecule has 0 atom stereocenters. The molecule has 2 amide bonds. The lowest BCUT2D eigenvalue weighted by Gasteiger charge is -2.15. The molecule has 152 valence electrons. The number of benzene rings is 2. The van der Waals surface area contributed by atoms with E-state index in [-0.39, 0.29) is 11.8 Å². The van der Waals surface area contributed by atoms with E-state index >= 15 is 0 Å². The fraction of sp³-hybridized carbons (Fsp3) is 0.333. The standard InChI is InChI=1S/C24H25Br2NO2/c1-2-3-4-5-6-7-16-27-23(28)21(17-8-12-19(25)13-9-17)22(24(27)29)18-10-14-20(26)15-11-18/h8-15H,2-7,16H2,1H3. The van der Waals surface area contributed by atoms with Crippen LogP contribution in [0.15, 0.2) is 57.5 Å². The average Bonchev–Trinajstić information content (AvgIpc) is 2.96. The number of carbonyl (C=O) groups is 2. The molecular weight excluding hydrogens is 494 g/mol. The maximum absolute atomic E-state index is 13.2. The van der Waals surface area contributed by atoms with Crippen LogP contribution in [0.3, 0.4) is 0 Å². The second-order valence-corrected chi connectivity index (χ2v) is 9.12. The number of unbranched alkanes of at least 4 members (excludes halogenated alkanes) is 5. The first-order chi connectivity index (χ1) is 14.0. The van der Waals surface area contributed by atoms with Crippen LogP contribution in [0.4, 0.5) is 0 Å². The van der Waals surface area contributed by atoms with Crippen LogP contribution in [0.5, 0.6) is 0 Å². The van der Waals surface area contributed by atoms with Gasteiger partial charge in [0.2, 0.25) is 0 Å². The third-order valence-electron chi connectivity index (χ3n) is 5.17. The van der Waals surface area contributed by atoms with Gasteiger partial charge in [-0.3, -0.25) is 14.5 Å². The summed E-state index contributed by atoms with van der Waals surface area (Å²) in [4.78, 5) is 27.9. The van der Waals surface area contributed by atoms with Gasteiger partial charge >= 0.3 is 0 Å². The normalized spacial score (nSPS) is 14.2. The van der Waals surface area contributed by atoms with Gasteiger partial charge < -0.3 is 0 Å². The molecule has 1 heterocycles. The van der Waals surface area contributed by atoms with E-state index in [0.717, 1.165) is 39.3 Å². The molecule has 3 rings (SSSR count). The average molecular weight is 519 g/mol. The second kappa shape index (κ2) is 10.4. The van der Waals surface area contributed by atoms with Crippen LogP contribution in [0.2, 0.25) is 0 Å². The van der Waals surface area contributed by atoms with Gasteiger partial charge in [0.1, 0.15) is 0 Å². The molecule has 0 saturated heterocycles. The number of carbonyl (C=O) groups excluding carboxylic acids is 2. The van der Waals surface area contributed by atoms with E-state index in [9.17, 15) is 9.59 Å². The Kier molecular flexibility index (Phi) is 7.84. The minimum atomic E-state index is -0.191. The van der Waals surface area contributed by atoms with E-state index in [1.165, 1.54) is 24.2 Å². The minimum Gasteiger partial charge on any atom is -0.274 e. The molecule has 0 radical (unpaired) electrons. The SMILES string of the molecule is CCCCCCCCN1C(=O)C(c2ccc(Br)cc2)=C(c2ccc(Br)cc2)C1=O. The molecule has 0 fully saturated rings. The molecule has 0 N–H and O–H groups in total. The summed E-state index contributed by atoms with van der Waals surface area (Å²) in [6, 6.07) is 15.1. The third kappa shape index (κ3) is 5.26. The largest absolute Gasteiger partial charge is 0.274 e. The Labute approximate surface area is 189 Å². The highest BCUT2D eigenvalue weighted by Gasteiger charge is 2.39. The summed E-state index contributed by atoms with van der Waals surface area (Å²) < 4.78 is 1.88. The molecular formula is C24H25Br2NO2. The molecule has 1 aliphatic rings. The molecule has 2 aromatic carbocycles. The topological polar surface area (TPSA) is 37.4 Å². The van der Waals surface area contributed by atoms with Crippen molar-refractivity contribution in [2.75, 3.05) is 6.54 Å². The summed E-state index contributed by atoms with van der Waals surface area (Å²) in [6.07, 6.45) is 6.70. The van der Waals surface area contributed by atoms with E-state index in [2.05, 4.69) is 38.8 Å². The summed E-state index contributed by atoms with van der Waals surface area (Å²) in [5.41, 5.74) is 2.54. The lowest BCUT2D eigenvalue weighted by atomic mass is 9.96. The van der Waals surface area contributed by atoms with Crippen LogP contribution in [-0.2, 0) is 9.59 Å². The summed E-state index contributed by atoms with van der Waals surface area (Å²) in [7, 11) is 0. The molecule has 0 aliphatic carbocycles. The van der Waals surface area contributed by atoms with Crippen LogP contribution >= 0.6 is 31.9 Å². The fourth-order valence-corrected chi connectivity index (χ4v) is 4.13. The number of rotatable bonds is 9. The van der Waals surface area contributed by atoms with Crippen molar-refractivity contribution in [1.82, 2.24) is 4.90 Å². The molecule has 0 bridgehead atoms. The van der Waals surface area contributed by atoms with Crippen LogP contribution < -0.4 is 0 Å². The Morgan fingerprint density at radius 3 is 1.52 bits per heavy atom. The van der Waals surface area contributed by atoms with Crippen molar-refractivity contribution < 1.29 is 9.59 Å². The van der Waals surface area contributed by atoms with Crippen molar-refractivity contribution in [1.29, 1.82) is 0 Å². The van der Waals surface area contributed by atoms with Crippen molar-refractivity contribution in [3.05, 3.63) is 68.6 Å². The highest BCUT2D eigenvalue weighted by molar-refractivity contribution is 9.10. The maximum Gasteiger partial charge on any atom is 0.262 e. The number of imide groups is 1. The quantitative estimate of drug-likeness (QED) is 0.269. The number of amides is 2. The molecule has 0 aromatic heterocycles. The van der Waals surface area contributed by atoms with Crippen molar-refractivity contribution in [2.45, 2.75) is 45.4 Å². The first-order valence-corrected chi connectivity index (χ1v) is 11.7. The van der Waals surface area contributed by atoms with Crippen molar-refractivity contribution in [2.24, 2.45) is 0 Å². The van der Waals surface area contributed by atoms with Crippen molar-refractivity contribution in [3.63, 3.8) is 0 Å². The molecule has 3 nitrogen and oxygen atoms in total. The Bertz CT molecular complexity index is 834. The predicted molar refractivity (Wildman–Crippen MR) is 125 cm³/mol. The number of nitrogens with zero attached hydrogens (tertiary/aromatic N) is 1. The van der Waals surface area contributed by atoms with Crippen molar-refractivity contribution in [3.8, 4) is 0 Å². The zero-order chi connectivity index (χ0) is 20.8. The van der Waals surface area contributed by atoms with Gasteiger partial charge in [-0.2, -0.15) is 0 Å². The zero-order valence-electron chi connectivity index (χ0n) is 16.6. The van der Waals surface area contributed by atoms with Gasteiger partial charge in [-0.15, -0.1) is 0 Å². The van der Waals surface area contributed by atoms with Gasteiger partial charge in [0, 0.05) is 15.5 Å². The highest BCUT2D eigenvalue weighted by atomic mass is 79.9. The fourth-order valence-electron chi connectivity index (χ4n) is 3.60. The Morgan fingerprint density at radius 2 is 1.07 bits per heavy atom. The molecule has 1 aliphatic heterocycles. The lowest BCUT2D eigenvalue weighted by molar-refractivity contribution is -0.136. The van der Waals surface area contributed by atoms with Crippen molar-refractivity contribution >= 4 is 54.8 Å². The van der Waals surface area contributed by atoms with E-state index < -0.39 is 0 Å². The monoisotopic (exact) mass is 517 g/mol. The Balaban J connectivity index is 1.87. The first kappa shape index (κ1) is 22.0. The second-order valence-electron chi connectivity index (χ2n) is 7.29. The number of hydrogen-bond donors (Lipinski definition) is 0. The summed E-state index contributed by atoms with van der Waals surface area (Å²) in [6.45, 7) is 2.67. The Morgan fingerprint density at radius 1 is 0.655 bits per heavy atom.